The smallest absolute Gasteiger partial charge is 0.229 e. The van der Waals surface area contributed by atoms with E-state index in [4.69, 9.17) is 0 Å². The molecule has 1 atom stereocenters. The van der Waals surface area contributed by atoms with E-state index in [1.165, 1.54) is 0 Å². The third-order valence-corrected chi connectivity index (χ3v) is 4.82. The van der Waals surface area contributed by atoms with E-state index in [9.17, 15) is 9.59 Å². The van der Waals surface area contributed by atoms with Crippen molar-refractivity contribution in [2.24, 2.45) is 5.92 Å². The monoisotopic (exact) mass is 404 g/mol. The molecule has 0 radical (unpaired) electrons. The van der Waals surface area contributed by atoms with Crippen LogP contribution in [0, 0.1) is 5.92 Å². The Labute approximate surface area is 155 Å². The summed E-state index contributed by atoms with van der Waals surface area (Å²) in [7, 11) is 0. The highest BCUT2D eigenvalue weighted by Crippen LogP contribution is 2.24. The van der Waals surface area contributed by atoms with Crippen LogP contribution in [0.5, 0.6) is 0 Å². The van der Waals surface area contributed by atoms with E-state index in [0.29, 0.717) is 18.7 Å². The molecular formula is C18H21BrN4O2. The Bertz CT molecular complexity index is 774. The largest absolute Gasteiger partial charge is 0.342 e. The predicted molar refractivity (Wildman–Crippen MR) is 99.5 cm³/mol. The molecule has 25 heavy (non-hydrogen) atoms. The number of likely N-dealkylation sites (tertiary alicyclic amines) is 1. The summed E-state index contributed by atoms with van der Waals surface area (Å²) in [6.45, 7) is 3.09. The number of rotatable bonds is 4. The number of benzene rings is 1. The molecule has 132 valence electrons. The number of halogens is 1. The molecule has 1 aromatic heterocycles. The van der Waals surface area contributed by atoms with E-state index in [0.717, 1.165) is 29.5 Å². The Morgan fingerprint density at radius 3 is 2.88 bits per heavy atom. The minimum Gasteiger partial charge on any atom is -0.342 e. The molecule has 7 heteroatoms. The van der Waals surface area contributed by atoms with Crippen molar-refractivity contribution in [3.8, 4) is 5.69 Å². The van der Waals surface area contributed by atoms with E-state index >= 15 is 0 Å². The summed E-state index contributed by atoms with van der Waals surface area (Å²) < 4.78 is 2.59. The van der Waals surface area contributed by atoms with Gasteiger partial charge in [0.25, 0.3) is 0 Å². The summed E-state index contributed by atoms with van der Waals surface area (Å²) in [5, 5.41) is 7.29. The van der Waals surface area contributed by atoms with E-state index < -0.39 is 0 Å². The van der Waals surface area contributed by atoms with Gasteiger partial charge in [-0.3, -0.25) is 9.59 Å². The van der Waals surface area contributed by atoms with Crippen molar-refractivity contribution in [1.82, 2.24) is 14.7 Å². The van der Waals surface area contributed by atoms with Crippen molar-refractivity contribution in [2.45, 2.75) is 26.2 Å². The Balaban J connectivity index is 1.74. The Hall–Kier alpha value is -2.15. The van der Waals surface area contributed by atoms with Gasteiger partial charge in [0.15, 0.2) is 0 Å². The maximum Gasteiger partial charge on any atom is 0.229 e. The van der Waals surface area contributed by atoms with Gasteiger partial charge < -0.3 is 10.2 Å². The number of piperidine rings is 1. The van der Waals surface area contributed by atoms with Gasteiger partial charge in [-0.25, -0.2) is 4.68 Å². The first-order valence-corrected chi connectivity index (χ1v) is 9.26. The van der Waals surface area contributed by atoms with Gasteiger partial charge >= 0.3 is 0 Å². The molecule has 0 spiro atoms. The summed E-state index contributed by atoms with van der Waals surface area (Å²) in [6.07, 6.45) is 5.68. The molecule has 2 amide bonds. The molecule has 1 aliphatic rings. The second kappa shape index (κ2) is 7.82. The molecule has 1 N–H and O–H groups in total. The summed E-state index contributed by atoms with van der Waals surface area (Å²) in [4.78, 5) is 26.4. The van der Waals surface area contributed by atoms with Crippen LogP contribution in [0.4, 0.5) is 5.69 Å². The molecule has 2 aromatic rings. The van der Waals surface area contributed by atoms with Crippen LogP contribution in [0.2, 0.25) is 0 Å². The highest BCUT2D eigenvalue weighted by Gasteiger charge is 2.28. The van der Waals surface area contributed by atoms with Crippen LogP contribution in [0.3, 0.4) is 0 Å². The van der Waals surface area contributed by atoms with Crippen LogP contribution in [0.1, 0.15) is 26.2 Å². The number of nitrogens with zero attached hydrogens (tertiary/aromatic N) is 3. The van der Waals surface area contributed by atoms with Crippen molar-refractivity contribution in [3.05, 3.63) is 41.1 Å². The zero-order chi connectivity index (χ0) is 17.8. The first-order valence-electron chi connectivity index (χ1n) is 8.46. The van der Waals surface area contributed by atoms with Gasteiger partial charge in [-0.1, -0.05) is 19.1 Å². The minimum absolute atomic E-state index is 0.0488. The lowest BCUT2D eigenvalue weighted by Crippen LogP contribution is -2.43. The molecule has 1 unspecified atom stereocenters. The molecule has 1 aromatic carbocycles. The zero-order valence-corrected chi connectivity index (χ0v) is 15.7. The van der Waals surface area contributed by atoms with Crippen LogP contribution < -0.4 is 5.32 Å². The van der Waals surface area contributed by atoms with E-state index in [2.05, 4.69) is 26.3 Å². The van der Waals surface area contributed by atoms with Crippen molar-refractivity contribution in [3.63, 3.8) is 0 Å². The third kappa shape index (κ3) is 4.10. The van der Waals surface area contributed by atoms with E-state index in [1.54, 1.807) is 15.8 Å². The number of carbonyl (C=O) groups excluding carboxylic acids is 2. The van der Waals surface area contributed by atoms with Crippen LogP contribution in [-0.2, 0) is 9.59 Å². The summed E-state index contributed by atoms with van der Waals surface area (Å²) in [6, 6.07) is 7.55. The maximum atomic E-state index is 12.7. The summed E-state index contributed by atoms with van der Waals surface area (Å²) in [5.74, 6) is -0.117. The first kappa shape index (κ1) is 17.7. The zero-order valence-electron chi connectivity index (χ0n) is 14.1. The second-order valence-electron chi connectivity index (χ2n) is 6.14. The molecular weight excluding hydrogens is 384 g/mol. The summed E-state index contributed by atoms with van der Waals surface area (Å²) in [5.41, 5.74) is 1.51. The molecule has 0 bridgehead atoms. The van der Waals surface area contributed by atoms with Gasteiger partial charge in [0.1, 0.15) is 0 Å². The maximum absolute atomic E-state index is 12.7. The third-order valence-electron chi connectivity index (χ3n) is 4.41. The molecule has 6 nitrogen and oxygen atoms in total. The van der Waals surface area contributed by atoms with Gasteiger partial charge in [-0.15, -0.1) is 0 Å². The normalized spacial score (nSPS) is 17.4. The Morgan fingerprint density at radius 1 is 1.36 bits per heavy atom. The number of aromatic nitrogens is 2. The number of anilines is 1. The SMILES string of the molecule is CCC(=O)N1CCCC(C(=O)Nc2ccccc2-n2cc(Br)cn2)C1. The van der Waals surface area contributed by atoms with E-state index in [1.807, 2.05) is 37.4 Å². The van der Waals surface area contributed by atoms with Crippen LogP contribution >= 0.6 is 15.9 Å². The van der Waals surface area contributed by atoms with Crippen LogP contribution in [0.25, 0.3) is 5.69 Å². The Morgan fingerprint density at radius 2 is 2.16 bits per heavy atom. The lowest BCUT2D eigenvalue weighted by Gasteiger charge is -2.32. The first-order chi connectivity index (χ1) is 12.1. The number of carbonyl (C=O) groups is 2. The van der Waals surface area contributed by atoms with Crippen molar-refractivity contribution in [1.29, 1.82) is 0 Å². The van der Waals surface area contributed by atoms with Gasteiger partial charge in [0.2, 0.25) is 11.8 Å². The molecule has 0 aliphatic carbocycles. The molecule has 0 saturated carbocycles. The molecule has 1 fully saturated rings. The van der Waals surface area contributed by atoms with Crippen molar-refractivity contribution in [2.75, 3.05) is 18.4 Å². The fraction of sp³-hybridized carbons (Fsp3) is 0.389. The molecule has 2 heterocycles. The van der Waals surface area contributed by atoms with Crippen LogP contribution in [0.15, 0.2) is 41.1 Å². The molecule has 3 rings (SSSR count). The fourth-order valence-electron chi connectivity index (χ4n) is 3.09. The topological polar surface area (TPSA) is 67.2 Å². The number of amides is 2. The average Bonchev–Trinajstić information content (AvgIpc) is 3.07. The number of para-hydroxylation sites is 2. The fourth-order valence-corrected chi connectivity index (χ4v) is 3.37. The lowest BCUT2D eigenvalue weighted by atomic mass is 9.96. The van der Waals surface area contributed by atoms with Gasteiger partial charge in [-0.05, 0) is 40.9 Å². The highest BCUT2D eigenvalue weighted by atomic mass is 79.9. The van der Waals surface area contributed by atoms with Gasteiger partial charge in [0, 0.05) is 25.7 Å². The van der Waals surface area contributed by atoms with E-state index in [-0.39, 0.29) is 17.7 Å². The highest BCUT2D eigenvalue weighted by molar-refractivity contribution is 9.10. The second-order valence-corrected chi connectivity index (χ2v) is 7.06. The number of nitrogens with one attached hydrogen (secondary N) is 1. The molecule has 1 saturated heterocycles. The minimum atomic E-state index is -0.179. The molecule has 1 aliphatic heterocycles. The number of hydrogen-bond donors (Lipinski definition) is 1. The van der Waals surface area contributed by atoms with Gasteiger partial charge in [0.05, 0.1) is 28.0 Å². The van der Waals surface area contributed by atoms with Crippen molar-refractivity contribution < 1.29 is 9.59 Å². The number of hydrogen-bond acceptors (Lipinski definition) is 3. The Kier molecular flexibility index (Phi) is 5.53. The summed E-state index contributed by atoms with van der Waals surface area (Å²) >= 11 is 3.39. The van der Waals surface area contributed by atoms with Crippen molar-refractivity contribution >= 4 is 33.4 Å². The standard InChI is InChI=1S/C18H21BrN4O2/c1-2-17(24)22-9-5-6-13(11-22)18(25)21-15-7-3-4-8-16(15)23-12-14(19)10-20-23/h3-4,7-8,10,12-13H,2,5-6,9,11H2,1H3,(H,21,25). The lowest BCUT2D eigenvalue weighted by molar-refractivity contribution is -0.134. The van der Waals surface area contributed by atoms with Gasteiger partial charge in [-0.2, -0.15) is 5.10 Å². The quantitative estimate of drug-likeness (QED) is 0.850. The average molecular weight is 405 g/mol. The predicted octanol–water partition coefficient (Wildman–Crippen LogP) is 3.22. The van der Waals surface area contributed by atoms with Crippen LogP contribution in [-0.4, -0.2) is 39.6 Å².